The van der Waals surface area contributed by atoms with E-state index < -0.39 is 35.3 Å². The van der Waals surface area contributed by atoms with Gasteiger partial charge in [-0.2, -0.15) is 13.2 Å². The highest BCUT2D eigenvalue weighted by molar-refractivity contribution is 5.90. The Morgan fingerprint density at radius 1 is 1.12 bits per heavy atom. The van der Waals surface area contributed by atoms with Gasteiger partial charge in [-0.05, 0) is 51.5 Å². The molecular weight excluding hydrogens is 323 g/mol. The van der Waals surface area contributed by atoms with Crippen LogP contribution in [-0.4, -0.2) is 23.5 Å². The van der Waals surface area contributed by atoms with Crippen LogP contribution in [-0.2, 0) is 20.5 Å². The van der Waals surface area contributed by atoms with Crippen molar-refractivity contribution < 1.29 is 27.5 Å². The first-order valence-electron chi connectivity index (χ1n) is 7.26. The van der Waals surface area contributed by atoms with Crippen molar-refractivity contribution in [2.24, 2.45) is 0 Å². The van der Waals surface area contributed by atoms with Crippen LogP contribution in [0.25, 0.3) is 6.08 Å². The molecule has 0 aliphatic heterocycles. The highest BCUT2D eigenvalue weighted by Crippen LogP contribution is 2.29. The van der Waals surface area contributed by atoms with Gasteiger partial charge in [-0.1, -0.05) is 12.1 Å². The number of rotatable bonds is 4. The van der Waals surface area contributed by atoms with Gasteiger partial charge in [0.2, 0.25) is 0 Å². The Balaban J connectivity index is 2.61. The number of ether oxygens (including phenoxy) is 1. The quantitative estimate of drug-likeness (QED) is 0.672. The number of benzene rings is 1. The smallest absolute Gasteiger partial charge is 0.416 e. The zero-order valence-electron chi connectivity index (χ0n) is 13.9. The van der Waals surface area contributed by atoms with E-state index in [1.807, 2.05) is 0 Å². The lowest BCUT2D eigenvalue weighted by atomic mass is 10.1. The van der Waals surface area contributed by atoms with Crippen molar-refractivity contribution in [2.45, 2.75) is 45.5 Å². The van der Waals surface area contributed by atoms with E-state index in [-0.39, 0.29) is 0 Å². The first kappa shape index (κ1) is 19.7. The maximum atomic E-state index is 12.4. The van der Waals surface area contributed by atoms with Crippen molar-refractivity contribution in [3.8, 4) is 0 Å². The zero-order chi connectivity index (χ0) is 18.5. The SMILES string of the molecule is C[C@@H](OC(=O)/C=C/c1ccc(C(F)(F)F)cc1)C(=O)NC(C)(C)C. The van der Waals surface area contributed by atoms with E-state index in [1.165, 1.54) is 25.1 Å². The molecule has 1 amide bonds. The predicted molar refractivity (Wildman–Crippen MR) is 83.9 cm³/mol. The Morgan fingerprint density at radius 2 is 1.67 bits per heavy atom. The van der Waals surface area contributed by atoms with Gasteiger partial charge in [0, 0.05) is 11.6 Å². The zero-order valence-corrected chi connectivity index (χ0v) is 13.9. The number of hydrogen-bond donors (Lipinski definition) is 1. The molecule has 4 nitrogen and oxygen atoms in total. The van der Waals surface area contributed by atoms with Gasteiger partial charge in [0.15, 0.2) is 6.10 Å². The van der Waals surface area contributed by atoms with Crippen LogP contribution in [0, 0.1) is 0 Å². The Hall–Kier alpha value is -2.31. The Kier molecular flexibility index (Phi) is 6.17. The van der Waals surface area contributed by atoms with E-state index in [1.54, 1.807) is 20.8 Å². The van der Waals surface area contributed by atoms with Crippen LogP contribution in [0.15, 0.2) is 30.3 Å². The molecule has 0 heterocycles. The number of alkyl halides is 3. The summed E-state index contributed by atoms with van der Waals surface area (Å²) in [5.74, 6) is -1.19. The number of carbonyl (C=O) groups excluding carboxylic acids is 2. The van der Waals surface area contributed by atoms with E-state index in [0.717, 1.165) is 18.2 Å². The van der Waals surface area contributed by atoms with E-state index in [9.17, 15) is 22.8 Å². The summed E-state index contributed by atoms with van der Waals surface area (Å²) in [5.41, 5.74) is -0.810. The molecule has 0 spiro atoms. The highest BCUT2D eigenvalue weighted by Gasteiger charge is 2.29. The normalized spacial score (nSPS) is 13.6. The molecule has 0 saturated heterocycles. The van der Waals surface area contributed by atoms with Crippen LogP contribution in [0.2, 0.25) is 0 Å². The van der Waals surface area contributed by atoms with Crippen molar-refractivity contribution in [1.29, 1.82) is 0 Å². The van der Waals surface area contributed by atoms with Gasteiger partial charge in [0.25, 0.3) is 5.91 Å². The number of amides is 1. The molecule has 0 unspecified atom stereocenters. The average Bonchev–Trinajstić information content (AvgIpc) is 2.42. The largest absolute Gasteiger partial charge is 0.449 e. The molecule has 0 fully saturated rings. The van der Waals surface area contributed by atoms with Gasteiger partial charge in [0.1, 0.15) is 0 Å². The van der Waals surface area contributed by atoms with Crippen molar-refractivity contribution in [3.05, 3.63) is 41.5 Å². The molecule has 0 aromatic heterocycles. The van der Waals surface area contributed by atoms with E-state index in [2.05, 4.69) is 5.32 Å². The molecule has 0 aliphatic carbocycles. The molecule has 0 aliphatic rings. The first-order valence-corrected chi connectivity index (χ1v) is 7.26. The lowest BCUT2D eigenvalue weighted by Gasteiger charge is -2.22. The van der Waals surface area contributed by atoms with Gasteiger partial charge in [0.05, 0.1) is 5.56 Å². The minimum absolute atomic E-state index is 0.409. The highest BCUT2D eigenvalue weighted by atomic mass is 19.4. The van der Waals surface area contributed by atoms with Crippen molar-refractivity contribution in [2.75, 3.05) is 0 Å². The maximum absolute atomic E-state index is 12.4. The molecule has 1 atom stereocenters. The summed E-state index contributed by atoms with van der Waals surface area (Å²) in [6.45, 7) is 6.82. The lowest BCUT2D eigenvalue weighted by molar-refractivity contribution is -0.150. The van der Waals surface area contributed by atoms with Crippen LogP contribution >= 0.6 is 0 Å². The Morgan fingerprint density at radius 3 is 2.12 bits per heavy atom. The molecule has 24 heavy (non-hydrogen) atoms. The third kappa shape index (κ3) is 6.85. The molecule has 0 saturated carbocycles. The molecule has 7 heteroatoms. The molecule has 1 rings (SSSR count). The van der Waals surface area contributed by atoms with Crippen LogP contribution < -0.4 is 5.32 Å². The lowest BCUT2D eigenvalue weighted by Crippen LogP contribution is -2.46. The monoisotopic (exact) mass is 343 g/mol. The third-order valence-corrected chi connectivity index (χ3v) is 2.81. The minimum atomic E-state index is -4.41. The van der Waals surface area contributed by atoms with E-state index in [0.29, 0.717) is 5.56 Å². The molecule has 132 valence electrons. The Labute approximate surface area is 138 Å². The second kappa shape index (κ2) is 7.51. The van der Waals surface area contributed by atoms with Gasteiger partial charge < -0.3 is 10.1 Å². The summed E-state index contributed by atoms with van der Waals surface area (Å²) in [6, 6.07) is 4.32. The maximum Gasteiger partial charge on any atom is 0.416 e. The van der Waals surface area contributed by atoms with E-state index >= 15 is 0 Å². The molecule has 1 aromatic carbocycles. The van der Waals surface area contributed by atoms with Gasteiger partial charge in [-0.25, -0.2) is 4.79 Å². The number of esters is 1. The van der Waals surface area contributed by atoms with Crippen LogP contribution in [0.4, 0.5) is 13.2 Å². The average molecular weight is 343 g/mol. The van der Waals surface area contributed by atoms with Crippen molar-refractivity contribution in [1.82, 2.24) is 5.32 Å². The summed E-state index contributed by atoms with van der Waals surface area (Å²) in [7, 11) is 0. The van der Waals surface area contributed by atoms with Gasteiger partial charge in [-0.15, -0.1) is 0 Å². The summed E-state index contributed by atoms with van der Waals surface area (Å²) in [5, 5.41) is 2.67. The number of carbonyl (C=O) groups is 2. The molecule has 0 bridgehead atoms. The fraction of sp³-hybridized carbons (Fsp3) is 0.412. The molecule has 0 radical (unpaired) electrons. The molecule has 1 N–H and O–H groups in total. The number of halogens is 3. The van der Waals surface area contributed by atoms with Crippen LogP contribution in [0.1, 0.15) is 38.8 Å². The summed E-state index contributed by atoms with van der Waals surface area (Å²) in [6.07, 6.45) is -3.01. The second-order valence-electron chi connectivity index (χ2n) is 6.27. The van der Waals surface area contributed by atoms with Crippen LogP contribution in [0.3, 0.4) is 0 Å². The fourth-order valence-corrected chi connectivity index (χ4v) is 1.69. The molecular formula is C17H20F3NO3. The number of hydrogen-bond acceptors (Lipinski definition) is 3. The van der Waals surface area contributed by atoms with Gasteiger partial charge in [-0.3, -0.25) is 4.79 Å². The van der Waals surface area contributed by atoms with E-state index in [4.69, 9.17) is 4.74 Å². The van der Waals surface area contributed by atoms with Crippen LogP contribution in [0.5, 0.6) is 0 Å². The summed E-state index contributed by atoms with van der Waals surface area (Å²) < 4.78 is 42.3. The fourth-order valence-electron chi connectivity index (χ4n) is 1.69. The predicted octanol–water partition coefficient (Wildman–Crippen LogP) is 3.57. The summed E-state index contributed by atoms with van der Waals surface area (Å²) >= 11 is 0. The standard InChI is InChI=1S/C17H20F3NO3/c1-11(15(23)21-16(2,3)4)24-14(22)10-7-12-5-8-13(9-6-12)17(18,19)20/h5-11H,1-4H3,(H,21,23)/b10-7+/t11-/m1/s1. The van der Waals surface area contributed by atoms with Crippen molar-refractivity contribution >= 4 is 18.0 Å². The minimum Gasteiger partial charge on any atom is -0.449 e. The van der Waals surface area contributed by atoms with Gasteiger partial charge >= 0.3 is 12.1 Å². The second-order valence-corrected chi connectivity index (χ2v) is 6.27. The van der Waals surface area contributed by atoms with Crippen molar-refractivity contribution in [3.63, 3.8) is 0 Å². The third-order valence-electron chi connectivity index (χ3n) is 2.81. The first-order chi connectivity index (χ1) is 10.9. The topological polar surface area (TPSA) is 55.4 Å². The molecule has 1 aromatic rings. The summed E-state index contributed by atoms with van der Waals surface area (Å²) in [4.78, 5) is 23.4. The number of nitrogens with one attached hydrogen (secondary N) is 1. The Bertz CT molecular complexity index is 613.